The van der Waals surface area contributed by atoms with E-state index in [9.17, 15) is 19.7 Å². The van der Waals surface area contributed by atoms with Gasteiger partial charge in [0, 0.05) is 41.8 Å². The van der Waals surface area contributed by atoms with Gasteiger partial charge in [-0.25, -0.2) is 0 Å². The lowest BCUT2D eigenvalue weighted by Crippen LogP contribution is -2.37. The number of hydrogen-bond acceptors (Lipinski definition) is 5. The lowest BCUT2D eigenvalue weighted by atomic mass is 9.90. The number of carboxylic acids is 1. The highest BCUT2D eigenvalue weighted by molar-refractivity contribution is 6.08. The Morgan fingerprint density at radius 3 is 2.43 bits per heavy atom. The van der Waals surface area contributed by atoms with Crippen molar-refractivity contribution in [2.24, 2.45) is 0 Å². The Hall–Kier alpha value is -4.20. The van der Waals surface area contributed by atoms with E-state index in [1.54, 1.807) is 4.90 Å². The summed E-state index contributed by atoms with van der Waals surface area (Å²) in [5.74, 6) is -0.499. The first kappa shape index (κ1) is 23.9. The topological polar surface area (TPSA) is 110 Å². The summed E-state index contributed by atoms with van der Waals surface area (Å²) in [6.45, 7) is 2.35. The van der Waals surface area contributed by atoms with E-state index in [-0.39, 0.29) is 30.0 Å². The van der Waals surface area contributed by atoms with Gasteiger partial charge in [-0.15, -0.1) is 0 Å². The Labute approximate surface area is 202 Å². The number of carboxylic acid groups (broad SMARTS) is 1. The number of carbonyl (C=O) groups is 2. The molecule has 0 radical (unpaired) electrons. The van der Waals surface area contributed by atoms with E-state index in [4.69, 9.17) is 9.84 Å². The van der Waals surface area contributed by atoms with Gasteiger partial charge in [0.1, 0.15) is 12.4 Å². The second kappa shape index (κ2) is 10.4. The molecule has 180 valence electrons. The molecule has 1 amide bonds. The second-order valence-electron chi connectivity index (χ2n) is 8.61. The summed E-state index contributed by atoms with van der Waals surface area (Å²) in [5, 5.41) is 20.1. The smallest absolute Gasteiger partial charge is 0.303 e. The normalized spacial score (nSPS) is 16.5. The van der Waals surface area contributed by atoms with Crippen LogP contribution in [0.3, 0.4) is 0 Å². The van der Waals surface area contributed by atoms with Crippen molar-refractivity contribution in [3.63, 3.8) is 0 Å². The van der Waals surface area contributed by atoms with E-state index < -0.39 is 10.9 Å². The quantitative estimate of drug-likeness (QED) is 0.321. The molecular formula is C27H26N2O6. The summed E-state index contributed by atoms with van der Waals surface area (Å²) in [4.78, 5) is 36.7. The number of hydrogen-bond donors (Lipinski definition) is 1. The molecule has 2 atom stereocenters. The van der Waals surface area contributed by atoms with E-state index in [1.165, 1.54) is 24.3 Å². The van der Waals surface area contributed by atoms with Crippen LogP contribution in [-0.2, 0) is 11.4 Å². The number of amides is 1. The minimum atomic E-state index is -0.852. The number of ether oxygens (including phenoxy) is 1. The molecule has 0 bridgehead atoms. The molecule has 35 heavy (non-hydrogen) atoms. The summed E-state index contributed by atoms with van der Waals surface area (Å²) >= 11 is 0. The molecule has 1 heterocycles. The van der Waals surface area contributed by atoms with Crippen LogP contribution in [0.2, 0.25) is 0 Å². The number of benzene rings is 3. The zero-order chi connectivity index (χ0) is 24.9. The van der Waals surface area contributed by atoms with Gasteiger partial charge in [-0.1, -0.05) is 30.3 Å². The molecule has 0 aliphatic carbocycles. The van der Waals surface area contributed by atoms with Crippen LogP contribution >= 0.6 is 0 Å². The third-order valence-corrected chi connectivity index (χ3v) is 6.35. The Balaban J connectivity index is 1.61. The van der Waals surface area contributed by atoms with Crippen molar-refractivity contribution >= 4 is 23.3 Å². The Bertz CT molecular complexity index is 1230. The fourth-order valence-corrected chi connectivity index (χ4v) is 4.57. The van der Waals surface area contributed by atoms with Gasteiger partial charge in [0.25, 0.3) is 11.6 Å². The number of aliphatic carboxylic acids is 1. The van der Waals surface area contributed by atoms with E-state index in [1.807, 2.05) is 55.5 Å². The third-order valence-electron chi connectivity index (χ3n) is 6.35. The van der Waals surface area contributed by atoms with Gasteiger partial charge in [0.05, 0.1) is 4.92 Å². The number of non-ortho nitro benzene ring substituents is 1. The molecular weight excluding hydrogens is 448 g/mol. The van der Waals surface area contributed by atoms with Crippen molar-refractivity contribution in [3.8, 4) is 5.75 Å². The van der Waals surface area contributed by atoms with Crippen molar-refractivity contribution < 1.29 is 24.4 Å². The molecule has 4 rings (SSSR count). The highest BCUT2D eigenvalue weighted by Crippen LogP contribution is 2.45. The predicted octanol–water partition coefficient (Wildman–Crippen LogP) is 5.56. The van der Waals surface area contributed by atoms with Crippen LogP contribution in [0.4, 0.5) is 11.4 Å². The fraction of sp³-hybridized carbons (Fsp3) is 0.259. The lowest BCUT2D eigenvalue weighted by molar-refractivity contribution is -0.384. The molecule has 3 aromatic rings. The van der Waals surface area contributed by atoms with Crippen LogP contribution in [0, 0.1) is 10.1 Å². The van der Waals surface area contributed by atoms with Crippen molar-refractivity contribution in [1.82, 2.24) is 0 Å². The molecule has 1 aliphatic rings. The van der Waals surface area contributed by atoms with Crippen molar-refractivity contribution in [1.29, 1.82) is 0 Å². The molecule has 1 aliphatic heterocycles. The molecule has 8 nitrogen and oxygen atoms in total. The summed E-state index contributed by atoms with van der Waals surface area (Å²) in [6.07, 6.45) is 1.14. The van der Waals surface area contributed by atoms with Gasteiger partial charge >= 0.3 is 5.97 Å². The fourth-order valence-electron chi connectivity index (χ4n) is 4.57. The van der Waals surface area contributed by atoms with Gasteiger partial charge in [0.2, 0.25) is 0 Å². The minimum Gasteiger partial charge on any atom is -0.489 e. The monoisotopic (exact) mass is 474 g/mol. The first-order valence-electron chi connectivity index (χ1n) is 11.5. The van der Waals surface area contributed by atoms with Gasteiger partial charge in [0.15, 0.2) is 0 Å². The number of fused-ring (bicyclic) bond motifs is 1. The van der Waals surface area contributed by atoms with Crippen molar-refractivity contribution in [2.75, 3.05) is 4.90 Å². The third kappa shape index (κ3) is 5.32. The largest absolute Gasteiger partial charge is 0.489 e. The van der Waals surface area contributed by atoms with Crippen LogP contribution in [0.15, 0.2) is 72.8 Å². The predicted molar refractivity (Wildman–Crippen MR) is 131 cm³/mol. The van der Waals surface area contributed by atoms with E-state index in [2.05, 4.69) is 0 Å². The number of anilines is 1. The van der Waals surface area contributed by atoms with Crippen LogP contribution in [0.25, 0.3) is 0 Å². The maximum Gasteiger partial charge on any atom is 0.303 e. The lowest BCUT2D eigenvalue weighted by Gasteiger charge is -2.25. The Morgan fingerprint density at radius 1 is 1.06 bits per heavy atom. The maximum atomic E-state index is 13.5. The molecule has 3 aromatic carbocycles. The standard InChI is InChI=1S/C27H26N2O6/c1-18-23(8-5-9-26(30)31)24-16-22(35-17-19-6-3-2-4-7-19)14-15-25(24)28(18)27(32)20-10-12-21(13-11-20)29(33)34/h2-4,6-7,10-16,18,23H,5,8-9,17H2,1H3,(H,30,31). The number of nitro benzene ring substituents is 1. The highest BCUT2D eigenvalue weighted by atomic mass is 16.6. The number of carbonyl (C=O) groups excluding carboxylic acids is 1. The number of rotatable bonds is 9. The Morgan fingerprint density at radius 2 is 1.77 bits per heavy atom. The summed E-state index contributed by atoms with van der Waals surface area (Å²) < 4.78 is 6.00. The van der Waals surface area contributed by atoms with Crippen LogP contribution in [0.5, 0.6) is 5.75 Å². The second-order valence-corrected chi connectivity index (χ2v) is 8.61. The van der Waals surface area contributed by atoms with Crippen LogP contribution in [0.1, 0.15) is 53.6 Å². The SMILES string of the molecule is CC1C(CCCC(=O)O)c2cc(OCc3ccccc3)ccc2N1C(=O)c1ccc([N+](=O)[O-])cc1. The molecule has 8 heteroatoms. The average Bonchev–Trinajstić information content (AvgIpc) is 3.13. The molecule has 1 N–H and O–H groups in total. The van der Waals surface area contributed by atoms with Crippen LogP contribution < -0.4 is 9.64 Å². The number of nitro groups is 1. The van der Waals surface area contributed by atoms with Gasteiger partial charge < -0.3 is 14.7 Å². The summed E-state index contributed by atoms with van der Waals surface area (Å²) in [5.41, 5.74) is 2.98. The molecule has 2 unspecified atom stereocenters. The molecule has 0 saturated carbocycles. The zero-order valence-electron chi connectivity index (χ0n) is 19.3. The van der Waals surface area contributed by atoms with E-state index in [0.717, 1.165) is 16.8 Å². The summed E-state index contributed by atoms with van der Waals surface area (Å²) in [6, 6.07) is 20.8. The molecule has 0 fully saturated rings. The highest BCUT2D eigenvalue weighted by Gasteiger charge is 2.39. The van der Waals surface area contributed by atoms with Gasteiger partial charge in [-0.2, -0.15) is 0 Å². The first-order valence-corrected chi connectivity index (χ1v) is 11.5. The van der Waals surface area contributed by atoms with Crippen molar-refractivity contribution in [2.45, 2.75) is 44.8 Å². The minimum absolute atomic E-state index is 0.0546. The van der Waals surface area contributed by atoms with E-state index >= 15 is 0 Å². The van der Waals surface area contributed by atoms with Gasteiger partial charge in [-0.3, -0.25) is 19.7 Å². The van der Waals surface area contributed by atoms with Crippen LogP contribution in [-0.4, -0.2) is 27.9 Å². The van der Waals surface area contributed by atoms with E-state index in [0.29, 0.717) is 30.8 Å². The summed E-state index contributed by atoms with van der Waals surface area (Å²) in [7, 11) is 0. The Kier molecular flexibility index (Phi) is 7.10. The molecule has 0 spiro atoms. The van der Waals surface area contributed by atoms with Gasteiger partial charge in [-0.05, 0) is 61.2 Å². The molecule has 0 saturated heterocycles. The maximum absolute atomic E-state index is 13.5. The van der Waals surface area contributed by atoms with Crippen molar-refractivity contribution in [3.05, 3.63) is 99.6 Å². The zero-order valence-corrected chi connectivity index (χ0v) is 19.3. The average molecular weight is 475 g/mol. The first-order chi connectivity index (χ1) is 16.8. The number of nitrogens with zero attached hydrogens (tertiary/aromatic N) is 2. The molecule has 0 aromatic heterocycles.